The van der Waals surface area contributed by atoms with Crippen molar-refractivity contribution in [1.82, 2.24) is 24.6 Å². The van der Waals surface area contributed by atoms with E-state index in [2.05, 4.69) is 51.4 Å². The van der Waals surface area contributed by atoms with E-state index in [1.807, 2.05) is 16.7 Å². The fourth-order valence-corrected chi connectivity index (χ4v) is 5.19. The number of hydrogen-bond acceptors (Lipinski definition) is 3. The first kappa shape index (κ1) is 21.8. The van der Waals surface area contributed by atoms with Crippen molar-refractivity contribution >= 4 is 10.9 Å². The van der Waals surface area contributed by atoms with Gasteiger partial charge in [-0.25, -0.2) is 4.39 Å². The molecule has 1 unspecified atom stereocenters. The molecule has 1 saturated heterocycles. The Morgan fingerprint density at radius 1 is 1.06 bits per heavy atom. The van der Waals surface area contributed by atoms with Crippen LogP contribution in [0.3, 0.4) is 0 Å². The van der Waals surface area contributed by atoms with Gasteiger partial charge in [-0.15, -0.1) is 10.2 Å². The first-order valence-corrected chi connectivity index (χ1v) is 12.1. The summed E-state index contributed by atoms with van der Waals surface area (Å²) in [6.45, 7) is 5.65. The Bertz CT molecular complexity index is 1160. The zero-order valence-electron chi connectivity index (χ0n) is 19.3. The van der Waals surface area contributed by atoms with E-state index in [0.717, 1.165) is 24.6 Å². The van der Waals surface area contributed by atoms with Gasteiger partial charge in [0.05, 0.1) is 0 Å². The first-order chi connectivity index (χ1) is 16.2. The molecule has 5 nitrogen and oxygen atoms in total. The third kappa shape index (κ3) is 5.17. The van der Waals surface area contributed by atoms with Crippen LogP contribution >= 0.6 is 0 Å². The number of benzene rings is 2. The number of aromatic amines is 1. The number of hydrogen-bond donors (Lipinski definition) is 1. The Morgan fingerprint density at radius 2 is 1.82 bits per heavy atom. The van der Waals surface area contributed by atoms with E-state index in [-0.39, 0.29) is 5.82 Å². The monoisotopic (exact) mass is 445 g/mol. The Hall–Kier alpha value is -2.99. The van der Waals surface area contributed by atoms with Crippen LogP contribution < -0.4 is 0 Å². The molecule has 1 N–H and O–H groups in total. The number of aryl methyl sites for hydroxylation is 1. The number of H-pyrrole nitrogens is 1. The van der Waals surface area contributed by atoms with Crippen LogP contribution in [0.5, 0.6) is 0 Å². The molecule has 1 aliphatic rings. The van der Waals surface area contributed by atoms with Crippen molar-refractivity contribution < 1.29 is 4.39 Å². The van der Waals surface area contributed by atoms with Crippen molar-refractivity contribution in [3.8, 4) is 5.69 Å². The van der Waals surface area contributed by atoms with Crippen molar-refractivity contribution in [3.05, 3.63) is 78.3 Å². The molecule has 2 aromatic heterocycles. The number of aromatic nitrogens is 4. The van der Waals surface area contributed by atoms with Gasteiger partial charge in [0.2, 0.25) is 0 Å². The summed E-state index contributed by atoms with van der Waals surface area (Å²) in [5.41, 5.74) is 4.90. The van der Waals surface area contributed by atoms with Crippen LogP contribution in [0.2, 0.25) is 0 Å². The zero-order chi connectivity index (χ0) is 22.6. The quantitative estimate of drug-likeness (QED) is 0.377. The van der Waals surface area contributed by atoms with E-state index in [4.69, 9.17) is 0 Å². The summed E-state index contributed by atoms with van der Waals surface area (Å²) in [5, 5.41) is 9.13. The molecular formula is C27H32FN5. The van der Waals surface area contributed by atoms with Crippen molar-refractivity contribution in [1.29, 1.82) is 0 Å². The molecule has 0 spiro atoms. The van der Waals surface area contributed by atoms with E-state index in [1.165, 1.54) is 60.8 Å². The van der Waals surface area contributed by atoms with Gasteiger partial charge in [-0.3, -0.25) is 4.57 Å². The fraction of sp³-hybridized carbons (Fsp3) is 0.407. The largest absolute Gasteiger partial charge is 0.361 e. The van der Waals surface area contributed by atoms with Gasteiger partial charge in [0, 0.05) is 29.3 Å². The predicted molar refractivity (Wildman–Crippen MR) is 130 cm³/mol. The summed E-state index contributed by atoms with van der Waals surface area (Å²) in [6, 6.07) is 13.4. The minimum atomic E-state index is -0.157. The number of fused-ring (bicyclic) bond motifs is 1. The molecule has 0 aliphatic carbocycles. The molecule has 0 saturated carbocycles. The van der Waals surface area contributed by atoms with E-state index in [0.29, 0.717) is 5.92 Å². The summed E-state index contributed by atoms with van der Waals surface area (Å²) < 4.78 is 15.1. The third-order valence-corrected chi connectivity index (χ3v) is 7.20. The molecule has 1 aliphatic heterocycles. The Morgan fingerprint density at radius 3 is 2.58 bits per heavy atom. The Labute approximate surface area is 194 Å². The Kier molecular flexibility index (Phi) is 6.53. The number of nitrogens with one attached hydrogen (secondary N) is 1. The summed E-state index contributed by atoms with van der Waals surface area (Å²) in [6.07, 6.45) is 11.8. The van der Waals surface area contributed by atoms with E-state index in [9.17, 15) is 4.39 Å². The van der Waals surface area contributed by atoms with Crippen LogP contribution in [0.15, 0.2) is 61.3 Å². The highest BCUT2D eigenvalue weighted by Gasteiger charge is 2.21. The third-order valence-electron chi connectivity index (χ3n) is 7.20. The number of nitrogens with zero attached hydrogens (tertiary/aromatic N) is 4. The SMILES string of the molecule is CC(CN1CCC(CCCc2c[nH]c3ccc(-n4cnnc4)cc23)CC1)c1ccc(F)cc1. The smallest absolute Gasteiger partial charge is 0.123 e. The molecule has 1 fully saturated rings. The standard InChI is InChI=1S/C27H32FN5/c1-20(22-5-7-24(28)8-6-22)17-32-13-11-21(12-14-32)3-2-4-23-16-29-27-10-9-25(15-26(23)27)33-18-30-31-19-33/h5-10,15-16,18-21,29H,2-4,11-14,17H2,1H3. The summed E-state index contributed by atoms with van der Waals surface area (Å²) in [4.78, 5) is 6.00. The van der Waals surface area contributed by atoms with Gasteiger partial charge >= 0.3 is 0 Å². The second-order valence-electron chi connectivity index (χ2n) is 9.50. The van der Waals surface area contributed by atoms with Crippen LogP contribution in [0.25, 0.3) is 16.6 Å². The fourth-order valence-electron chi connectivity index (χ4n) is 5.19. The van der Waals surface area contributed by atoms with Crippen molar-refractivity contribution in [2.24, 2.45) is 5.92 Å². The molecule has 0 radical (unpaired) electrons. The van der Waals surface area contributed by atoms with Gasteiger partial charge in [-0.2, -0.15) is 0 Å². The summed E-state index contributed by atoms with van der Waals surface area (Å²) in [7, 11) is 0. The minimum absolute atomic E-state index is 0.157. The average Bonchev–Trinajstić information content (AvgIpc) is 3.51. The lowest BCUT2D eigenvalue weighted by Crippen LogP contribution is -2.36. The highest BCUT2D eigenvalue weighted by molar-refractivity contribution is 5.85. The second kappa shape index (κ2) is 9.87. The van der Waals surface area contributed by atoms with Gasteiger partial charge in [0.1, 0.15) is 18.5 Å². The molecule has 4 aromatic rings. The maximum Gasteiger partial charge on any atom is 0.123 e. The number of likely N-dealkylation sites (tertiary alicyclic amines) is 1. The van der Waals surface area contributed by atoms with E-state index < -0.39 is 0 Å². The summed E-state index contributed by atoms with van der Waals surface area (Å²) in [5.74, 6) is 1.10. The lowest BCUT2D eigenvalue weighted by atomic mass is 9.90. The topological polar surface area (TPSA) is 49.7 Å². The van der Waals surface area contributed by atoms with Crippen LogP contribution in [0.1, 0.15) is 49.7 Å². The normalized spacial score (nSPS) is 16.4. The zero-order valence-corrected chi connectivity index (χ0v) is 19.3. The lowest BCUT2D eigenvalue weighted by molar-refractivity contribution is 0.171. The molecule has 33 heavy (non-hydrogen) atoms. The van der Waals surface area contributed by atoms with Crippen LogP contribution in [-0.4, -0.2) is 44.3 Å². The van der Waals surface area contributed by atoms with Crippen molar-refractivity contribution in [3.63, 3.8) is 0 Å². The second-order valence-corrected chi connectivity index (χ2v) is 9.50. The van der Waals surface area contributed by atoms with Crippen molar-refractivity contribution in [2.45, 2.75) is 44.9 Å². The number of rotatable bonds is 8. The van der Waals surface area contributed by atoms with Crippen LogP contribution in [0.4, 0.5) is 4.39 Å². The van der Waals surface area contributed by atoms with E-state index >= 15 is 0 Å². The highest BCUT2D eigenvalue weighted by atomic mass is 19.1. The molecule has 2 aromatic carbocycles. The van der Waals surface area contributed by atoms with E-state index in [1.54, 1.807) is 24.8 Å². The average molecular weight is 446 g/mol. The summed E-state index contributed by atoms with van der Waals surface area (Å²) >= 11 is 0. The van der Waals surface area contributed by atoms with Gasteiger partial charge in [-0.1, -0.05) is 25.5 Å². The molecule has 3 heterocycles. The van der Waals surface area contributed by atoms with Crippen LogP contribution in [0, 0.1) is 11.7 Å². The van der Waals surface area contributed by atoms with Gasteiger partial charge in [0.25, 0.3) is 0 Å². The Balaban J connectivity index is 1.10. The maximum absolute atomic E-state index is 13.2. The van der Waals surface area contributed by atoms with Crippen LogP contribution in [-0.2, 0) is 6.42 Å². The van der Waals surface area contributed by atoms with Crippen molar-refractivity contribution in [2.75, 3.05) is 19.6 Å². The first-order valence-electron chi connectivity index (χ1n) is 12.1. The number of piperidine rings is 1. The molecular weight excluding hydrogens is 413 g/mol. The molecule has 6 heteroatoms. The predicted octanol–water partition coefficient (Wildman–Crippen LogP) is 5.73. The van der Waals surface area contributed by atoms with Gasteiger partial charge in [0.15, 0.2) is 0 Å². The highest BCUT2D eigenvalue weighted by Crippen LogP contribution is 2.27. The van der Waals surface area contributed by atoms with Gasteiger partial charge in [-0.05, 0) is 92.1 Å². The molecule has 0 amide bonds. The minimum Gasteiger partial charge on any atom is -0.361 e. The maximum atomic E-state index is 13.2. The molecule has 0 bridgehead atoms. The molecule has 5 rings (SSSR count). The van der Waals surface area contributed by atoms with Gasteiger partial charge < -0.3 is 9.88 Å². The molecule has 172 valence electrons. The number of halogens is 1. The lowest BCUT2D eigenvalue weighted by Gasteiger charge is -2.33. The molecule has 1 atom stereocenters.